The van der Waals surface area contributed by atoms with Crippen molar-refractivity contribution in [3.63, 3.8) is 0 Å². The average Bonchev–Trinajstić information content (AvgIpc) is 3.39. The molecule has 1 N–H and O–H groups in total. The largest absolute Gasteiger partial charge is 0.354 e. The van der Waals surface area contributed by atoms with E-state index in [-0.39, 0.29) is 5.91 Å². The molecule has 0 atom stereocenters. The molecule has 1 aromatic carbocycles. The second-order valence-electron chi connectivity index (χ2n) is 7.64. The fraction of sp³-hybridized carbons (Fsp3) is 0.250. The van der Waals surface area contributed by atoms with Crippen LogP contribution < -0.4 is 10.2 Å². The fourth-order valence-corrected chi connectivity index (χ4v) is 3.72. The molecular weight excluding hydrogens is 402 g/mol. The molecule has 8 heteroatoms. The summed E-state index contributed by atoms with van der Waals surface area (Å²) < 4.78 is 46.1. The fourth-order valence-electron chi connectivity index (χ4n) is 3.72. The molecule has 1 aliphatic heterocycles. The van der Waals surface area contributed by atoms with Gasteiger partial charge in [0, 0.05) is 76.5 Å². The molecular formula is C24H25N7O. The first-order valence-electron chi connectivity index (χ1n) is 13.2. The van der Waals surface area contributed by atoms with Crippen molar-refractivity contribution in [2.75, 3.05) is 43.4 Å². The number of aryl methyl sites for hydroxylation is 1. The van der Waals surface area contributed by atoms with Gasteiger partial charge in [-0.3, -0.25) is 9.48 Å². The van der Waals surface area contributed by atoms with E-state index in [1.54, 1.807) is 30.6 Å². The molecule has 4 aromatic rings. The Morgan fingerprint density at radius 1 is 0.969 bits per heavy atom. The minimum absolute atomic E-state index is 0.350. The minimum atomic E-state index is -2.35. The molecule has 1 saturated heterocycles. The molecule has 162 valence electrons. The van der Waals surface area contributed by atoms with Crippen LogP contribution in [0.15, 0.2) is 61.2 Å². The Labute approximate surface area is 194 Å². The first-order valence-corrected chi connectivity index (χ1v) is 10.2. The predicted octanol–water partition coefficient (Wildman–Crippen LogP) is 3.03. The van der Waals surface area contributed by atoms with Crippen molar-refractivity contribution in [1.82, 2.24) is 24.6 Å². The second kappa shape index (κ2) is 8.39. The molecule has 0 aliphatic carbocycles. The molecule has 4 heterocycles. The van der Waals surface area contributed by atoms with Crippen molar-refractivity contribution < 1.29 is 13.0 Å². The van der Waals surface area contributed by atoms with Gasteiger partial charge in [0.2, 0.25) is 0 Å². The summed E-state index contributed by atoms with van der Waals surface area (Å²) in [5, 5.41) is 8.43. The zero-order valence-electron chi connectivity index (χ0n) is 23.2. The highest BCUT2D eigenvalue weighted by molar-refractivity contribution is 6.05. The van der Waals surface area contributed by atoms with Crippen molar-refractivity contribution in [1.29, 1.82) is 0 Å². The highest BCUT2D eigenvalue weighted by Gasteiger charge is 2.17. The van der Waals surface area contributed by atoms with Crippen LogP contribution >= 0.6 is 0 Å². The van der Waals surface area contributed by atoms with Crippen molar-refractivity contribution >= 4 is 28.3 Å². The van der Waals surface area contributed by atoms with E-state index in [9.17, 15) is 4.79 Å². The third-order valence-corrected chi connectivity index (χ3v) is 5.49. The van der Waals surface area contributed by atoms with Gasteiger partial charge in [-0.15, -0.1) is 0 Å². The van der Waals surface area contributed by atoms with E-state index in [4.69, 9.17) is 8.22 Å². The average molecular weight is 434 g/mol. The molecule has 0 spiro atoms. The Hall–Kier alpha value is -3.78. The Bertz CT molecular complexity index is 1480. The number of hydrogen-bond donors (Lipinski definition) is 1. The van der Waals surface area contributed by atoms with Gasteiger partial charge in [-0.05, 0) is 42.2 Å². The maximum Gasteiger partial charge on any atom is 0.257 e. The molecule has 1 amide bonds. The topological polar surface area (TPSA) is 79.2 Å². The molecule has 1 aliphatic rings. The maximum atomic E-state index is 13.0. The predicted molar refractivity (Wildman–Crippen MR) is 126 cm³/mol. The summed E-state index contributed by atoms with van der Waals surface area (Å²) in [6.07, 6.45) is 6.19. The van der Waals surface area contributed by atoms with Crippen LogP contribution in [0.3, 0.4) is 0 Å². The number of hydrogen-bond acceptors (Lipinski definition) is 6. The van der Waals surface area contributed by atoms with E-state index in [0.717, 1.165) is 21.0 Å². The van der Waals surface area contributed by atoms with Crippen LogP contribution in [0.4, 0.5) is 11.6 Å². The number of nitrogens with zero attached hydrogens (tertiary/aromatic N) is 6. The van der Waals surface area contributed by atoms with Gasteiger partial charge in [0.05, 0.1) is 6.20 Å². The van der Waals surface area contributed by atoms with E-state index in [2.05, 4.69) is 20.4 Å². The lowest BCUT2D eigenvalue weighted by Gasteiger charge is -2.33. The quantitative estimate of drug-likeness (QED) is 0.533. The number of benzene rings is 1. The SMILES string of the molecule is [2H]C([2H])([2H])N1CCN(c2cc(C(=O)Nc3cc4cc(-c5cnn(C([2H])([2H])[2H])c5)ccc4cn3)ccn2)CC1. The van der Waals surface area contributed by atoms with Crippen molar-refractivity contribution in [3.05, 3.63) is 66.7 Å². The third kappa shape index (κ3) is 4.17. The van der Waals surface area contributed by atoms with Gasteiger partial charge in [-0.25, -0.2) is 9.97 Å². The second-order valence-corrected chi connectivity index (χ2v) is 7.64. The first kappa shape index (κ1) is 14.3. The van der Waals surface area contributed by atoms with Gasteiger partial charge in [0.15, 0.2) is 0 Å². The summed E-state index contributed by atoms with van der Waals surface area (Å²) in [6, 6.07) is 10.7. The number of carbonyl (C=O) groups is 1. The molecule has 8 nitrogen and oxygen atoms in total. The highest BCUT2D eigenvalue weighted by Crippen LogP contribution is 2.25. The number of likely N-dealkylation sites (N-methyl/N-ethyl adjacent to an activating group) is 1. The molecule has 5 rings (SSSR count). The summed E-state index contributed by atoms with van der Waals surface area (Å²) in [7, 11) is 0. The minimum Gasteiger partial charge on any atom is -0.354 e. The van der Waals surface area contributed by atoms with Gasteiger partial charge >= 0.3 is 0 Å². The highest BCUT2D eigenvalue weighted by atomic mass is 16.1. The van der Waals surface area contributed by atoms with Crippen LogP contribution in [0, 0.1) is 0 Å². The van der Waals surface area contributed by atoms with Crippen molar-refractivity contribution in [2.45, 2.75) is 0 Å². The molecule has 0 bridgehead atoms. The smallest absolute Gasteiger partial charge is 0.257 e. The van der Waals surface area contributed by atoms with Crippen molar-refractivity contribution in [3.8, 4) is 11.1 Å². The number of piperazine rings is 1. The molecule has 32 heavy (non-hydrogen) atoms. The zero-order valence-corrected chi connectivity index (χ0v) is 17.2. The van der Waals surface area contributed by atoms with Crippen LogP contribution in [-0.2, 0) is 6.98 Å². The standard InChI is InChI=1S/C24H25N7O/c1-29-7-9-31(10-8-29)23-13-18(5-6-25-23)24(32)28-22-12-20-11-17(3-4-19(20)14-26-22)21-15-27-30(2)16-21/h3-6,11-16H,7-10H2,1-2H3,(H,26,28,32)/i1D3,2D3. The number of carbonyl (C=O) groups excluding carboxylic acids is 1. The van der Waals surface area contributed by atoms with Gasteiger partial charge in [-0.2, -0.15) is 5.10 Å². The zero-order chi connectivity index (χ0) is 27.1. The number of pyridine rings is 2. The number of amides is 1. The summed E-state index contributed by atoms with van der Waals surface area (Å²) in [5.41, 5.74) is 1.85. The van der Waals surface area contributed by atoms with E-state index in [1.165, 1.54) is 17.3 Å². The van der Waals surface area contributed by atoms with Crippen LogP contribution in [0.5, 0.6) is 0 Å². The van der Waals surface area contributed by atoms with Crippen LogP contribution in [0.2, 0.25) is 0 Å². The Balaban J connectivity index is 1.31. The Kier molecular flexibility index (Phi) is 3.75. The number of anilines is 2. The summed E-state index contributed by atoms with van der Waals surface area (Å²) in [4.78, 5) is 25.1. The van der Waals surface area contributed by atoms with E-state index in [0.29, 0.717) is 48.9 Å². The van der Waals surface area contributed by atoms with Crippen LogP contribution in [-0.4, -0.2) is 63.7 Å². The van der Waals surface area contributed by atoms with Crippen molar-refractivity contribution in [2.24, 2.45) is 6.98 Å². The van der Waals surface area contributed by atoms with Gasteiger partial charge in [-0.1, -0.05) is 12.1 Å². The summed E-state index contributed by atoms with van der Waals surface area (Å²) >= 11 is 0. The van der Waals surface area contributed by atoms with Gasteiger partial charge in [0.25, 0.3) is 5.91 Å². The van der Waals surface area contributed by atoms with Crippen LogP contribution in [0.1, 0.15) is 18.6 Å². The number of fused-ring (bicyclic) bond motifs is 1. The Morgan fingerprint density at radius 2 is 1.88 bits per heavy atom. The molecule has 0 radical (unpaired) electrons. The number of aromatic nitrogens is 4. The lowest BCUT2D eigenvalue weighted by molar-refractivity contribution is 0.102. The molecule has 1 fully saturated rings. The van der Waals surface area contributed by atoms with Gasteiger partial charge < -0.3 is 15.1 Å². The monoisotopic (exact) mass is 433 g/mol. The summed E-state index contributed by atoms with van der Waals surface area (Å²) in [5.74, 6) is 0.621. The Morgan fingerprint density at radius 3 is 2.69 bits per heavy atom. The lowest BCUT2D eigenvalue weighted by Crippen LogP contribution is -2.44. The van der Waals surface area contributed by atoms with Crippen LogP contribution in [0.25, 0.3) is 21.9 Å². The normalized spacial score (nSPS) is 18.2. The summed E-state index contributed by atoms with van der Waals surface area (Å²) in [6.45, 7) is -2.71. The van der Waals surface area contributed by atoms with E-state index in [1.807, 2.05) is 23.1 Å². The number of rotatable bonds is 4. The molecule has 0 saturated carbocycles. The van der Waals surface area contributed by atoms with E-state index < -0.39 is 14.0 Å². The third-order valence-electron chi connectivity index (χ3n) is 5.49. The molecule has 3 aromatic heterocycles. The lowest BCUT2D eigenvalue weighted by atomic mass is 10.1. The van der Waals surface area contributed by atoms with Gasteiger partial charge in [0.1, 0.15) is 11.6 Å². The molecule has 0 unspecified atom stereocenters. The van der Waals surface area contributed by atoms with E-state index >= 15 is 0 Å². The maximum absolute atomic E-state index is 13.0. The first-order chi connectivity index (χ1) is 18.0. The number of nitrogens with one attached hydrogen (secondary N) is 1.